The van der Waals surface area contributed by atoms with Crippen molar-refractivity contribution < 1.29 is 14.6 Å². The monoisotopic (exact) mass is 413 g/mol. The van der Waals surface area contributed by atoms with Crippen molar-refractivity contribution in [3.63, 3.8) is 0 Å². The summed E-state index contributed by atoms with van der Waals surface area (Å²) in [4.78, 5) is 20.4. The number of rotatable bonds is 10. The van der Waals surface area contributed by atoms with Gasteiger partial charge in [-0.25, -0.2) is 0 Å². The third-order valence-electron chi connectivity index (χ3n) is 4.01. The number of aliphatic imine (C=N–C) groups is 1. The lowest BCUT2D eigenvalue weighted by atomic mass is 10.1. The normalized spacial score (nSPS) is 12.4. The minimum absolute atomic E-state index is 0.0682. The number of hydrogen-bond acceptors (Lipinski definition) is 5. The predicted molar refractivity (Wildman–Crippen MR) is 118 cm³/mol. The zero-order valence-corrected chi connectivity index (χ0v) is 17.8. The molecule has 0 fully saturated rings. The fourth-order valence-corrected chi connectivity index (χ4v) is 2.65. The number of guanidine groups is 1. The molecule has 0 bridgehead atoms. The molecule has 162 valence electrons. The van der Waals surface area contributed by atoms with Crippen LogP contribution in [-0.2, 0) is 0 Å². The van der Waals surface area contributed by atoms with Crippen molar-refractivity contribution in [2.45, 2.75) is 33.0 Å². The van der Waals surface area contributed by atoms with Crippen LogP contribution in [0.1, 0.15) is 42.8 Å². The van der Waals surface area contributed by atoms with Crippen LogP contribution in [0.2, 0.25) is 0 Å². The zero-order valence-electron chi connectivity index (χ0n) is 17.8. The Morgan fingerprint density at radius 1 is 1.17 bits per heavy atom. The van der Waals surface area contributed by atoms with Crippen LogP contribution >= 0.6 is 0 Å². The van der Waals surface area contributed by atoms with Crippen molar-refractivity contribution in [3.8, 4) is 5.75 Å². The maximum atomic E-state index is 12.0. The molecule has 0 aliphatic rings. The van der Waals surface area contributed by atoms with Gasteiger partial charge in [-0.3, -0.25) is 14.8 Å². The van der Waals surface area contributed by atoms with E-state index in [1.165, 1.54) is 6.20 Å². The molecule has 1 atom stereocenters. The van der Waals surface area contributed by atoms with E-state index in [9.17, 15) is 9.90 Å². The minimum Gasteiger partial charge on any atom is -0.491 e. The van der Waals surface area contributed by atoms with E-state index in [-0.39, 0.29) is 18.6 Å². The highest BCUT2D eigenvalue weighted by molar-refractivity contribution is 5.93. The van der Waals surface area contributed by atoms with Gasteiger partial charge < -0.3 is 25.8 Å². The summed E-state index contributed by atoms with van der Waals surface area (Å²) in [6.07, 6.45) is 2.47. The average Bonchev–Trinajstić information content (AvgIpc) is 2.74. The van der Waals surface area contributed by atoms with Gasteiger partial charge in [0.2, 0.25) is 0 Å². The number of aromatic nitrogens is 1. The number of carbonyl (C=O) groups excluding carboxylic acids is 1. The van der Waals surface area contributed by atoms with Crippen molar-refractivity contribution in [2.24, 2.45) is 4.99 Å². The van der Waals surface area contributed by atoms with Gasteiger partial charge in [0.15, 0.2) is 5.96 Å². The third kappa shape index (κ3) is 8.08. The molecule has 0 aliphatic heterocycles. The molecule has 0 radical (unpaired) electrons. The summed E-state index contributed by atoms with van der Waals surface area (Å²) < 4.78 is 5.68. The van der Waals surface area contributed by atoms with E-state index in [2.05, 4.69) is 25.9 Å². The summed E-state index contributed by atoms with van der Waals surface area (Å²) in [5.41, 5.74) is 1.27. The predicted octanol–water partition coefficient (Wildman–Crippen LogP) is 1.89. The Kier molecular flexibility index (Phi) is 9.60. The van der Waals surface area contributed by atoms with Gasteiger partial charge in [-0.2, -0.15) is 0 Å². The van der Waals surface area contributed by atoms with E-state index in [1.54, 1.807) is 18.3 Å². The maximum absolute atomic E-state index is 12.0. The van der Waals surface area contributed by atoms with Crippen molar-refractivity contribution >= 4 is 11.9 Å². The van der Waals surface area contributed by atoms with Gasteiger partial charge >= 0.3 is 0 Å². The van der Waals surface area contributed by atoms with E-state index in [0.717, 1.165) is 11.3 Å². The molecule has 0 spiro atoms. The number of benzene rings is 1. The molecular weight excluding hydrogens is 382 g/mol. The highest BCUT2D eigenvalue weighted by Gasteiger charge is 2.10. The molecule has 4 N–H and O–H groups in total. The van der Waals surface area contributed by atoms with Gasteiger partial charge in [-0.15, -0.1) is 0 Å². The molecule has 8 nitrogen and oxygen atoms in total. The number of amides is 1. The molecule has 1 aromatic heterocycles. The van der Waals surface area contributed by atoms with Crippen LogP contribution < -0.4 is 20.7 Å². The van der Waals surface area contributed by atoms with Gasteiger partial charge in [-0.05, 0) is 50.6 Å². The summed E-state index contributed by atoms with van der Waals surface area (Å²) in [6, 6.07) is 10.8. The van der Waals surface area contributed by atoms with Crippen molar-refractivity contribution in [3.05, 3.63) is 59.9 Å². The van der Waals surface area contributed by atoms with Gasteiger partial charge in [0.1, 0.15) is 5.75 Å². The number of carbonyl (C=O) groups is 1. The first-order valence-electron chi connectivity index (χ1n) is 10.1. The van der Waals surface area contributed by atoms with Crippen LogP contribution in [0, 0.1) is 0 Å². The molecule has 1 unspecified atom stereocenters. The first-order valence-corrected chi connectivity index (χ1v) is 10.1. The molecule has 2 rings (SSSR count). The topological polar surface area (TPSA) is 108 Å². The smallest absolute Gasteiger partial charge is 0.252 e. The largest absolute Gasteiger partial charge is 0.491 e. The molecule has 8 heteroatoms. The molecule has 0 saturated heterocycles. The lowest BCUT2D eigenvalue weighted by molar-refractivity contribution is 0.0954. The SMILES string of the molecule is CCNC(=NCC(O)c1cccc(OC(C)C)c1)NCCNC(=O)c1cccnc1. The number of pyridine rings is 1. The van der Waals surface area contributed by atoms with Gasteiger partial charge in [-0.1, -0.05) is 12.1 Å². The molecule has 0 aliphatic carbocycles. The Balaban J connectivity index is 1.84. The van der Waals surface area contributed by atoms with Crippen LogP contribution in [0.3, 0.4) is 0 Å². The first-order chi connectivity index (χ1) is 14.5. The summed E-state index contributed by atoms with van der Waals surface area (Å²) >= 11 is 0. The molecular formula is C22H31N5O3. The Bertz CT molecular complexity index is 811. The fraction of sp³-hybridized carbons (Fsp3) is 0.409. The van der Waals surface area contributed by atoms with Crippen LogP contribution in [0.25, 0.3) is 0 Å². The van der Waals surface area contributed by atoms with Gasteiger partial charge in [0.05, 0.1) is 24.3 Å². The second-order valence-corrected chi connectivity index (χ2v) is 6.90. The van der Waals surface area contributed by atoms with Crippen LogP contribution in [0.15, 0.2) is 53.8 Å². The highest BCUT2D eigenvalue weighted by atomic mass is 16.5. The Labute approximate surface area is 177 Å². The Morgan fingerprint density at radius 2 is 1.97 bits per heavy atom. The van der Waals surface area contributed by atoms with Crippen LogP contribution in [0.4, 0.5) is 0 Å². The average molecular weight is 414 g/mol. The Morgan fingerprint density at radius 3 is 2.67 bits per heavy atom. The summed E-state index contributed by atoms with van der Waals surface area (Å²) in [5, 5.41) is 19.6. The molecule has 1 amide bonds. The summed E-state index contributed by atoms with van der Waals surface area (Å²) in [5.74, 6) is 1.12. The van der Waals surface area contributed by atoms with Gasteiger partial charge in [0.25, 0.3) is 5.91 Å². The number of aliphatic hydroxyl groups is 1. The number of ether oxygens (including phenoxy) is 1. The number of hydrogen-bond donors (Lipinski definition) is 4. The van der Waals surface area contributed by atoms with Crippen LogP contribution in [0.5, 0.6) is 5.75 Å². The second-order valence-electron chi connectivity index (χ2n) is 6.90. The summed E-state index contributed by atoms with van der Waals surface area (Å²) in [7, 11) is 0. The lowest BCUT2D eigenvalue weighted by Crippen LogP contribution is -2.41. The number of nitrogens with one attached hydrogen (secondary N) is 3. The molecule has 0 saturated carbocycles. The second kappa shape index (κ2) is 12.4. The first kappa shape index (κ1) is 23.2. The number of aliphatic hydroxyl groups excluding tert-OH is 1. The molecule has 2 aromatic rings. The lowest BCUT2D eigenvalue weighted by Gasteiger charge is -2.15. The fourth-order valence-electron chi connectivity index (χ4n) is 2.65. The quantitative estimate of drug-likeness (QED) is 0.269. The standard InChI is InChI=1S/C22H31N5O3/c1-4-24-22(26-12-11-25-21(29)18-8-6-10-23-14-18)27-15-20(28)17-7-5-9-19(13-17)30-16(2)3/h5-10,13-14,16,20,28H,4,11-12,15H2,1-3H3,(H,25,29)(H2,24,26,27). The summed E-state index contributed by atoms with van der Waals surface area (Å²) in [6.45, 7) is 7.68. The minimum atomic E-state index is -0.749. The van der Waals surface area contributed by atoms with Crippen LogP contribution in [-0.4, -0.2) is 54.2 Å². The maximum Gasteiger partial charge on any atom is 0.252 e. The van der Waals surface area contributed by atoms with E-state index >= 15 is 0 Å². The molecule has 1 heterocycles. The van der Waals surface area contributed by atoms with E-state index in [4.69, 9.17) is 4.74 Å². The number of nitrogens with zero attached hydrogens (tertiary/aromatic N) is 2. The van der Waals surface area contributed by atoms with Crippen molar-refractivity contribution in [1.29, 1.82) is 0 Å². The highest BCUT2D eigenvalue weighted by Crippen LogP contribution is 2.20. The van der Waals surface area contributed by atoms with Crippen molar-refractivity contribution in [1.82, 2.24) is 20.9 Å². The van der Waals surface area contributed by atoms with Crippen molar-refractivity contribution in [2.75, 3.05) is 26.2 Å². The van der Waals surface area contributed by atoms with E-state index in [1.807, 2.05) is 45.0 Å². The van der Waals surface area contributed by atoms with E-state index < -0.39 is 6.10 Å². The van der Waals surface area contributed by atoms with E-state index in [0.29, 0.717) is 31.2 Å². The molecule has 1 aromatic carbocycles. The third-order valence-corrected chi connectivity index (χ3v) is 4.01. The Hall–Kier alpha value is -3.13. The zero-order chi connectivity index (χ0) is 21.8. The molecule has 30 heavy (non-hydrogen) atoms. The van der Waals surface area contributed by atoms with Gasteiger partial charge in [0, 0.05) is 32.0 Å².